The predicted molar refractivity (Wildman–Crippen MR) is 57.1 cm³/mol. The van der Waals surface area contributed by atoms with Crippen LogP contribution in [0.2, 0.25) is 0 Å². The lowest BCUT2D eigenvalue weighted by Crippen LogP contribution is -1.98. The first-order valence-electron chi connectivity index (χ1n) is 4.41. The Hall–Kier alpha value is -1.31. The molecule has 1 rings (SSSR count). The molecule has 0 aliphatic rings. The predicted octanol–water partition coefficient (Wildman–Crippen LogP) is 3.25. The third-order valence-corrected chi connectivity index (χ3v) is 2.09. The summed E-state index contributed by atoms with van der Waals surface area (Å²) < 4.78 is 17.5. The molecule has 0 aliphatic heterocycles. The monoisotopic (exact) mass is 193 g/mol. The molecule has 75 valence electrons. The molecule has 0 fully saturated rings. The quantitative estimate of drug-likeness (QED) is 0.713. The van der Waals surface area contributed by atoms with Gasteiger partial charge in [-0.1, -0.05) is 25.6 Å². The van der Waals surface area contributed by atoms with Crippen LogP contribution in [0.25, 0.3) is 6.08 Å². The highest BCUT2D eigenvalue weighted by molar-refractivity contribution is 5.54. The molecule has 0 amide bonds. The number of methoxy groups -OCH3 is 1. The molecule has 1 nitrogen and oxygen atoms in total. The SMILES string of the molecule is C=Cc1cc(OC)cc([C](C)CF)c1. The van der Waals surface area contributed by atoms with Gasteiger partial charge in [-0.3, -0.25) is 4.39 Å². The zero-order chi connectivity index (χ0) is 10.6. The maximum absolute atomic E-state index is 12.4. The molecular weight excluding hydrogens is 179 g/mol. The highest BCUT2D eigenvalue weighted by Crippen LogP contribution is 2.23. The van der Waals surface area contributed by atoms with Gasteiger partial charge in [0.2, 0.25) is 0 Å². The van der Waals surface area contributed by atoms with Crippen molar-refractivity contribution in [3.8, 4) is 5.75 Å². The Bertz CT molecular complexity index is 320. The summed E-state index contributed by atoms with van der Waals surface area (Å²) in [5, 5.41) is 0. The van der Waals surface area contributed by atoms with Crippen LogP contribution in [0.3, 0.4) is 0 Å². The van der Waals surface area contributed by atoms with Crippen LogP contribution in [0.5, 0.6) is 5.75 Å². The van der Waals surface area contributed by atoms with Gasteiger partial charge < -0.3 is 4.74 Å². The Morgan fingerprint density at radius 1 is 1.50 bits per heavy atom. The number of benzene rings is 1. The third-order valence-electron chi connectivity index (χ3n) is 2.09. The summed E-state index contributed by atoms with van der Waals surface area (Å²) in [6.45, 7) is 5.00. The van der Waals surface area contributed by atoms with Gasteiger partial charge in [-0.25, -0.2) is 0 Å². The summed E-state index contributed by atoms with van der Waals surface area (Å²) in [6.07, 6.45) is 1.72. The molecule has 0 aromatic heterocycles. The molecule has 2 heteroatoms. The van der Waals surface area contributed by atoms with E-state index in [4.69, 9.17) is 4.74 Å². The molecule has 0 heterocycles. The second kappa shape index (κ2) is 4.80. The van der Waals surface area contributed by atoms with Crippen molar-refractivity contribution in [2.24, 2.45) is 0 Å². The Morgan fingerprint density at radius 2 is 2.21 bits per heavy atom. The molecule has 0 aliphatic carbocycles. The maximum Gasteiger partial charge on any atom is 0.119 e. The minimum Gasteiger partial charge on any atom is -0.497 e. The Labute approximate surface area is 84.2 Å². The highest BCUT2D eigenvalue weighted by Gasteiger charge is 2.07. The van der Waals surface area contributed by atoms with Crippen LogP contribution in [0.1, 0.15) is 18.1 Å². The van der Waals surface area contributed by atoms with Crippen molar-refractivity contribution >= 4 is 6.08 Å². The van der Waals surface area contributed by atoms with E-state index in [1.165, 1.54) is 0 Å². The van der Waals surface area contributed by atoms with E-state index in [0.29, 0.717) is 5.92 Å². The van der Waals surface area contributed by atoms with E-state index in [9.17, 15) is 4.39 Å². The van der Waals surface area contributed by atoms with Crippen molar-refractivity contribution in [3.63, 3.8) is 0 Å². The fraction of sp³-hybridized carbons (Fsp3) is 0.250. The molecule has 0 saturated carbocycles. The number of alkyl halides is 1. The number of hydrogen-bond acceptors (Lipinski definition) is 1. The smallest absolute Gasteiger partial charge is 0.119 e. The first-order chi connectivity index (χ1) is 6.71. The molecule has 1 aromatic carbocycles. The number of rotatable bonds is 4. The topological polar surface area (TPSA) is 9.23 Å². The van der Waals surface area contributed by atoms with E-state index in [-0.39, 0.29) is 0 Å². The lowest BCUT2D eigenvalue weighted by molar-refractivity contribution is 0.414. The summed E-state index contributed by atoms with van der Waals surface area (Å²) in [5.74, 6) is 1.43. The molecule has 0 atom stereocenters. The van der Waals surface area contributed by atoms with Crippen molar-refractivity contribution in [1.29, 1.82) is 0 Å². The van der Waals surface area contributed by atoms with E-state index in [2.05, 4.69) is 6.58 Å². The van der Waals surface area contributed by atoms with Crippen LogP contribution in [0.15, 0.2) is 24.8 Å². The summed E-state index contributed by atoms with van der Waals surface area (Å²) in [4.78, 5) is 0. The zero-order valence-electron chi connectivity index (χ0n) is 8.51. The first-order valence-corrected chi connectivity index (χ1v) is 4.41. The van der Waals surface area contributed by atoms with Gasteiger partial charge in [0.15, 0.2) is 0 Å². The van der Waals surface area contributed by atoms with Crippen molar-refractivity contribution in [1.82, 2.24) is 0 Å². The van der Waals surface area contributed by atoms with Crippen LogP contribution < -0.4 is 4.74 Å². The van der Waals surface area contributed by atoms with Crippen molar-refractivity contribution in [3.05, 3.63) is 41.8 Å². The van der Waals surface area contributed by atoms with Gasteiger partial charge in [0.1, 0.15) is 5.75 Å². The number of halogens is 1. The molecule has 14 heavy (non-hydrogen) atoms. The van der Waals surface area contributed by atoms with Gasteiger partial charge in [0.25, 0.3) is 0 Å². The maximum atomic E-state index is 12.4. The molecule has 0 unspecified atom stereocenters. The minimum absolute atomic E-state index is 0.441. The van der Waals surface area contributed by atoms with Crippen molar-refractivity contribution < 1.29 is 9.13 Å². The van der Waals surface area contributed by atoms with Gasteiger partial charge >= 0.3 is 0 Å². The third kappa shape index (κ3) is 2.34. The highest BCUT2D eigenvalue weighted by atomic mass is 19.1. The zero-order valence-corrected chi connectivity index (χ0v) is 8.51. The number of ether oxygens (including phenoxy) is 1. The van der Waals surface area contributed by atoms with Crippen molar-refractivity contribution in [2.45, 2.75) is 6.92 Å². The largest absolute Gasteiger partial charge is 0.497 e. The normalized spacial score (nSPS) is 10.3. The minimum atomic E-state index is -0.441. The summed E-state index contributed by atoms with van der Waals surface area (Å²) in [6, 6.07) is 5.58. The lowest BCUT2D eigenvalue weighted by Gasteiger charge is -2.10. The van der Waals surface area contributed by atoms with Gasteiger partial charge in [-0.15, -0.1) is 0 Å². The molecule has 0 saturated heterocycles. The Balaban J connectivity index is 3.10. The summed E-state index contributed by atoms with van der Waals surface area (Å²) in [5.41, 5.74) is 1.80. The van der Waals surface area contributed by atoms with Gasteiger partial charge in [-0.2, -0.15) is 0 Å². The van der Waals surface area contributed by atoms with Crippen LogP contribution in [0, 0.1) is 5.92 Å². The average molecular weight is 193 g/mol. The average Bonchev–Trinajstić information content (AvgIpc) is 2.27. The van der Waals surface area contributed by atoms with E-state index in [1.807, 2.05) is 18.2 Å². The summed E-state index contributed by atoms with van der Waals surface area (Å²) >= 11 is 0. The van der Waals surface area contributed by atoms with E-state index < -0.39 is 6.67 Å². The fourth-order valence-corrected chi connectivity index (χ4v) is 1.18. The Kier molecular flexibility index (Phi) is 3.69. The van der Waals surface area contributed by atoms with Crippen LogP contribution >= 0.6 is 0 Å². The van der Waals surface area contributed by atoms with Crippen LogP contribution in [-0.4, -0.2) is 13.8 Å². The Morgan fingerprint density at radius 3 is 2.71 bits per heavy atom. The molecular formula is C12H14FO. The number of hydrogen-bond donors (Lipinski definition) is 0. The first kappa shape index (κ1) is 10.8. The van der Waals surface area contributed by atoms with Crippen LogP contribution in [-0.2, 0) is 0 Å². The lowest BCUT2D eigenvalue weighted by atomic mass is 10.00. The molecule has 1 aromatic rings. The van der Waals surface area contributed by atoms with Gasteiger partial charge in [0.05, 0.1) is 13.8 Å². The molecule has 0 N–H and O–H groups in total. The molecule has 0 spiro atoms. The second-order valence-corrected chi connectivity index (χ2v) is 3.11. The summed E-state index contributed by atoms with van der Waals surface area (Å²) in [7, 11) is 1.59. The van der Waals surface area contributed by atoms with Gasteiger partial charge in [-0.05, 0) is 23.3 Å². The standard InChI is InChI=1S/C12H14FO/c1-4-10-5-11(9(2)8-13)7-12(6-10)14-3/h4-7H,1,8H2,2-3H3. The fourth-order valence-electron chi connectivity index (χ4n) is 1.18. The van der Waals surface area contributed by atoms with Crippen LogP contribution in [0.4, 0.5) is 4.39 Å². The molecule has 1 radical (unpaired) electrons. The van der Waals surface area contributed by atoms with E-state index in [0.717, 1.165) is 16.9 Å². The molecule has 0 bridgehead atoms. The van der Waals surface area contributed by atoms with E-state index in [1.54, 1.807) is 20.1 Å². The second-order valence-electron chi connectivity index (χ2n) is 3.11. The van der Waals surface area contributed by atoms with Crippen molar-refractivity contribution in [2.75, 3.05) is 13.8 Å². The van der Waals surface area contributed by atoms with Gasteiger partial charge in [0, 0.05) is 5.92 Å². The van der Waals surface area contributed by atoms with E-state index >= 15 is 0 Å².